The van der Waals surface area contributed by atoms with Crippen LogP contribution in [0, 0.1) is 11.8 Å². The summed E-state index contributed by atoms with van der Waals surface area (Å²) in [6.07, 6.45) is 0. The summed E-state index contributed by atoms with van der Waals surface area (Å²) in [5.41, 5.74) is 0.887. The van der Waals surface area contributed by atoms with E-state index in [2.05, 4.69) is 0 Å². The molecule has 1 aromatic carbocycles. The highest BCUT2D eigenvalue weighted by atomic mass is 32.2. The van der Waals surface area contributed by atoms with E-state index in [1.54, 1.807) is 6.92 Å². The lowest BCUT2D eigenvalue weighted by molar-refractivity contribution is -0.148. The molecular weight excluding hydrogens is 276 g/mol. The lowest BCUT2D eigenvalue weighted by atomic mass is 10.2. The van der Waals surface area contributed by atoms with Gasteiger partial charge in [-0.3, -0.25) is 4.79 Å². The summed E-state index contributed by atoms with van der Waals surface area (Å²) in [4.78, 5) is 11.8. The van der Waals surface area contributed by atoms with Crippen molar-refractivity contribution in [3.8, 4) is 0 Å². The molecule has 4 nitrogen and oxygen atoms in total. The summed E-state index contributed by atoms with van der Waals surface area (Å²) >= 11 is 0. The van der Waals surface area contributed by atoms with E-state index in [1.807, 2.05) is 44.2 Å². The maximum absolute atomic E-state index is 11.8. The summed E-state index contributed by atoms with van der Waals surface area (Å²) < 4.78 is 28.8. The van der Waals surface area contributed by atoms with Crippen LogP contribution in [-0.2, 0) is 26.0 Å². The Morgan fingerprint density at radius 2 is 1.70 bits per heavy atom. The average Bonchev–Trinajstić information content (AvgIpc) is 2.34. The Morgan fingerprint density at radius 3 is 2.25 bits per heavy atom. The molecule has 0 bridgehead atoms. The van der Waals surface area contributed by atoms with Crippen LogP contribution in [-0.4, -0.2) is 25.9 Å². The van der Waals surface area contributed by atoms with Gasteiger partial charge >= 0.3 is 5.97 Å². The van der Waals surface area contributed by atoms with Crippen molar-refractivity contribution in [3.63, 3.8) is 0 Å². The van der Waals surface area contributed by atoms with E-state index < -0.39 is 21.7 Å². The van der Waals surface area contributed by atoms with Gasteiger partial charge in [-0.15, -0.1) is 0 Å². The Kier molecular flexibility index (Phi) is 6.20. The number of ether oxygens (including phenoxy) is 1. The van der Waals surface area contributed by atoms with Crippen LogP contribution in [0.15, 0.2) is 30.3 Å². The van der Waals surface area contributed by atoms with Gasteiger partial charge < -0.3 is 4.74 Å². The summed E-state index contributed by atoms with van der Waals surface area (Å²) in [6.45, 7) is 5.45. The number of rotatable bonds is 7. The molecule has 0 aliphatic rings. The zero-order valence-corrected chi connectivity index (χ0v) is 13.0. The van der Waals surface area contributed by atoms with Gasteiger partial charge in [-0.2, -0.15) is 0 Å². The fourth-order valence-electron chi connectivity index (χ4n) is 1.90. The molecule has 0 N–H and O–H groups in total. The van der Waals surface area contributed by atoms with Crippen LogP contribution < -0.4 is 0 Å². The molecule has 5 heteroatoms. The number of hydrogen-bond acceptors (Lipinski definition) is 4. The number of sulfone groups is 1. The summed E-state index contributed by atoms with van der Waals surface area (Å²) in [7, 11) is -3.21. The molecule has 0 saturated heterocycles. The largest absolute Gasteiger partial charge is 0.461 e. The Bertz CT molecular complexity index is 520. The van der Waals surface area contributed by atoms with Crippen LogP contribution in [0.3, 0.4) is 0 Å². The summed E-state index contributed by atoms with van der Waals surface area (Å²) in [5.74, 6) is -1.10. The number of hydrogen-bond donors (Lipinski definition) is 0. The highest BCUT2D eigenvalue weighted by Gasteiger charge is 2.23. The van der Waals surface area contributed by atoms with Gasteiger partial charge in [0.05, 0.1) is 17.4 Å². The highest BCUT2D eigenvalue weighted by molar-refractivity contribution is 7.91. The van der Waals surface area contributed by atoms with Gasteiger partial charge in [0.1, 0.15) is 6.61 Å². The molecule has 0 aliphatic heterocycles. The van der Waals surface area contributed by atoms with Crippen LogP contribution in [0.4, 0.5) is 0 Å². The number of esters is 1. The van der Waals surface area contributed by atoms with Gasteiger partial charge in [-0.1, -0.05) is 51.1 Å². The van der Waals surface area contributed by atoms with Crippen molar-refractivity contribution in [3.05, 3.63) is 35.9 Å². The van der Waals surface area contributed by atoms with Crippen molar-refractivity contribution < 1.29 is 17.9 Å². The third-order valence-corrected chi connectivity index (χ3v) is 4.90. The molecule has 0 radical (unpaired) electrons. The first-order valence-electron chi connectivity index (χ1n) is 6.71. The molecular formula is C15H22O4S. The predicted molar refractivity (Wildman–Crippen MR) is 78.9 cm³/mol. The summed E-state index contributed by atoms with van der Waals surface area (Å²) in [5, 5.41) is 0. The molecule has 0 amide bonds. The number of carbonyl (C=O) groups is 1. The quantitative estimate of drug-likeness (QED) is 0.725. The van der Waals surface area contributed by atoms with Gasteiger partial charge in [0.2, 0.25) is 0 Å². The second-order valence-electron chi connectivity index (χ2n) is 5.47. The first-order valence-corrected chi connectivity index (χ1v) is 8.53. The smallest absolute Gasteiger partial charge is 0.310 e. The molecule has 0 aliphatic carbocycles. The van der Waals surface area contributed by atoms with Crippen molar-refractivity contribution in [1.82, 2.24) is 0 Å². The Morgan fingerprint density at radius 1 is 1.10 bits per heavy atom. The van der Waals surface area contributed by atoms with Gasteiger partial charge in [-0.05, 0) is 11.5 Å². The lowest BCUT2D eigenvalue weighted by Gasteiger charge is -2.13. The highest BCUT2D eigenvalue weighted by Crippen LogP contribution is 2.10. The van der Waals surface area contributed by atoms with E-state index in [0.29, 0.717) is 0 Å². The van der Waals surface area contributed by atoms with E-state index in [0.717, 1.165) is 5.56 Å². The van der Waals surface area contributed by atoms with Crippen molar-refractivity contribution in [1.29, 1.82) is 0 Å². The molecule has 0 heterocycles. The topological polar surface area (TPSA) is 60.4 Å². The predicted octanol–water partition coefficient (Wildman–Crippen LogP) is 2.44. The minimum atomic E-state index is -3.21. The molecule has 1 unspecified atom stereocenters. The third-order valence-electron chi connectivity index (χ3n) is 2.72. The van der Waals surface area contributed by atoms with E-state index in [9.17, 15) is 13.2 Å². The fourth-order valence-corrected chi connectivity index (χ4v) is 3.95. The van der Waals surface area contributed by atoms with Gasteiger partial charge in [0.15, 0.2) is 9.84 Å². The maximum Gasteiger partial charge on any atom is 0.310 e. The van der Waals surface area contributed by atoms with Crippen molar-refractivity contribution >= 4 is 15.8 Å². The monoisotopic (exact) mass is 298 g/mol. The molecule has 0 spiro atoms. The molecule has 1 atom stereocenters. The molecule has 112 valence electrons. The van der Waals surface area contributed by atoms with E-state index in [1.165, 1.54) is 0 Å². The Hall–Kier alpha value is -1.36. The average molecular weight is 298 g/mol. The van der Waals surface area contributed by atoms with Gasteiger partial charge in [0.25, 0.3) is 0 Å². The zero-order chi connectivity index (χ0) is 15.2. The first-order chi connectivity index (χ1) is 9.30. The van der Waals surface area contributed by atoms with Crippen LogP contribution in [0.25, 0.3) is 0 Å². The standard InChI is InChI=1S/C15H22O4S/c1-12(2)10-20(17,18)11-13(3)15(16)19-9-14-7-5-4-6-8-14/h4-8,12-13H,9-11H2,1-3H3. The summed E-state index contributed by atoms with van der Waals surface area (Å²) in [6, 6.07) is 9.31. The van der Waals surface area contributed by atoms with Crippen molar-refractivity contribution in [2.24, 2.45) is 11.8 Å². The van der Waals surface area contributed by atoms with E-state index in [4.69, 9.17) is 4.74 Å². The first kappa shape index (κ1) is 16.7. The minimum Gasteiger partial charge on any atom is -0.461 e. The molecule has 0 fully saturated rings. The second kappa shape index (κ2) is 7.43. The van der Waals surface area contributed by atoms with Gasteiger partial charge in [-0.25, -0.2) is 8.42 Å². The SMILES string of the molecule is CC(C)CS(=O)(=O)CC(C)C(=O)OCc1ccccc1. The fraction of sp³-hybridized carbons (Fsp3) is 0.533. The zero-order valence-electron chi connectivity index (χ0n) is 12.2. The third kappa shape index (κ3) is 6.19. The molecule has 0 aromatic heterocycles. The van der Waals surface area contributed by atoms with Crippen LogP contribution in [0.2, 0.25) is 0 Å². The molecule has 1 rings (SSSR count). The maximum atomic E-state index is 11.8. The van der Waals surface area contributed by atoms with E-state index in [-0.39, 0.29) is 24.0 Å². The second-order valence-corrected chi connectivity index (χ2v) is 7.62. The number of benzene rings is 1. The van der Waals surface area contributed by atoms with Crippen LogP contribution in [0.5, 0.6) is 0 Å². The minimum absolute atomic E-state index is 0.0625. The van der Waals surface area contributed by atoms with Crippen LogP contribution in [0.1, 0.15) is 26.3 Å². The normalized spacial score (nSPS) is 13.2. The number of carbonyl (C=O) groups excluding carboxylic acids is 1. The van der Waals surface area contributed by atoms with Crippen molar-refractivity contribution in [2.75, 3.05) is 11.5 Å². The Labute approximate surface area is 121 Å². The molecule has 20 heavy (non-hydrogen) atoms. The van der Waals surface area contributed by atoms with Crippen molar-refractivity contribution in [2.45, 2.75) is 27.4 Å². The molecule has 1 aromatic rings. The van der Waals surface area contributed by atoms with Gasteiger partial charge in [0, 0.05) is 0 Å². The Balaban J connectivity index is 2.47. The van der Waals surface area contributed by atoms with Crippen LogP contribution >= 0.6 is 0 Å². The van der Waals surface area contributed by atoms with E-state index >= 15 is 0 Å². The lowest BCUT2D eigenvalue weighted by Crippen LogP contribution is -2.26. The molecule has 0 saturated carbocycles.